The van der Waals surface area contributed by atoms with Gasteiger partial charge in [0.05, 0.1) is 5.25 Å². The number of hydrogen-bond acceptors (Lipinski definition) is 3. The first-order valence-electron chi connectivity index (χ1n) is 3.60. The van der Waals surface area contributed by atoms with Gasteiger partial charge in [-0.15, -0.1) is 0 Å². The van der Waals surface area contributed by atoms with Crippen LogP contribution in [0.15, 0.2) is 0 Å². The molecule has 0 aliphatic heterocycles. The Kier molecular flexibility index (Phi) is 2.67. The summed E-state index contributed by atoms with van der Waals surface area (Å²) in [5.74, 6) is -3.38. The minimum atomic E-state index is -4.23. The zero-order valence-corrected chi connectivity index (χ0v) is 7.10. The van der Waals surface area contributed by atoms with Crippen LogP contribution in [0, 0.1) is 5.92 Å². The van der Waals surface area contributed by atoms with Gasteiger partial charge < -0.3 is 5.11 Å². The second-order valence-corrected chi connectivity index (χ2v) is 5.19. The van der Waals surface area contributed by atoms with Crippen molar-refractivity contribution >= 4 is 9.84 Å². The standard InChI is InChI=1S/C6H10F2O3S/c7-6(8)12(10,11)5-1-4(2-5)3-9/h4-6,9H,1-3H2. The summed E-state index contributed by atoms with van der Waals surface area (Å²) in [4.78, 5) is 0. The molecule has 0 heterocycles. The van der Waals surface area contributed by atoms with E-state index in [1.54, 1.807) is 0 Å². The minimum Gasteiger partial charge on any atom is -0.396 e. The molecule has 1 rings (SSSR count). The SMILES string of the molecule is O=S(=O)(C(F)F)C1CC(CO)C1. The van der Waals surface area contributed by atoms with Gasteiger partial charge >= 0.3 is 5.76 Å². The predicted molar refractivity (Wildman–Crippen MR) is 38.5 cm³/mol. The number of hydrogen-bond donors (Lipinski definition) is 1. The maximum absolute atomic E-state index is 11.9. The fourth-order valence-electron chi connectivity index (χ4n) is 1.24. The molecule has 0 atom stereocenters. The van der Waals surface area contributed by atoms with E-state index in [4.69, 9.17) is 5.11 Å². The summed E-state index contributed by atoms with van der Waals surface area (Å²) in [7, 11) is -4.23. The Hall–Kier alpha value is -0.230. The van der Waals surface area contributed by atoms with Crippen molar-refractivity contribution in [3.63, 3.8) is 0 Å². The summed E-state index contributed by atoms with van der Waals surface area (Å²) in [6.45, 7) is -0.116. The third-order valence-electron chi connectivity index (χ3n) is 2.16. The minimum absolute atomic E-state index is 0.108. The summed E-state index contributed by atoms with van der Waals surface area (Å²) < 4.78 is 45.2. The van der Waals surface area contributed by atoms with Crippen LogP contribution in [0.3, 0.4) is 0 Å². The number of alkyl halides is 2. The van der Waals surface area contributed by atoms with Crippen LogP contribution in [0.1, 0.15) is 12.8 Å². The van der Waals surface area contributed by atoms with Crippen molar-refractivity contribution in [1.29, 1.82) is 0 Å². The highest BCUT2D eigenvalue weighted by Crippen LogP contribution is 2.34. The molecule has 0 radical (unpaired) electrons. The molecule has 1 aliphatic carbocycles. The Morgan fingerprint density at radius 1 is 1.42 bits per heavy atom. The van der Waals surface area contributed by atoms with E-state index < -0.39 is 20.8 Å². The smallest absolute Gasteiger partial charge is 0.337 e. The fraction of sp³-hybridized carbons (Fsp3) is 1.00. The molecule has 3 nitrogen and oxygen atoms in total. The number of rotatable bonds is 3. The van der Waals surface area contributed by atoms with E-state index in [0.717, 1.165) is 0 Å². The molecule has 1 fully saturated rings. The Labute approximate surface area is 69.3 Å². The van der Waals surface area contributed by atoms with Crippen LogP contribution < -0.4 is 0 Å². The molecule has 0 amide bonds. The van der Waals surface area contributed by atoms with Crippen molar-refractivity contribution in [1.82, 2.24) is 0 Å². The van der Waals surface area contributed by atoms with Gasteiger partial charge in [-0.1, -0.05) is 0 Å². The number of aliphatic hydroxyl groups excluding tert-OH is 1. The topological polar surface area (TPSA) is 54.4 Å². The summed E-state index contributed by atoms with van der Waals surface area (Å²) >= 11 is 0. The van der Waals surface area contributed by atoms with Crippen LogP contribution in [0.5, 0.6) is 0 Å². The first-order valence-corrected chi connectivity index (χ1v) is 5.21. The maximum atomic E-state index is 11.9. The van der Waals surface area contributed by atoms with E-state index in [1.165, 1.54) is 0 Å². The lowest BCUT2D eigenvalue weighted by Crippen LogP contribution is -2.40. The van der Waals surface area contributed by atoms with Crippen LogP contribution in [-0.4, -0.2) is 31.1 Å². The third kappa shape index (κ3) is 1.59. The van der Waals surface area contributed by atoms with Crippen molar-refractivity contribution in [3.8, 4) is 0 Å². The van der Waals surface area contributed by atoms with Crippen molar-refractivity contribution in [2.45, 2.75) is 23.8 Å². The molecule has 0 aromatic rings. The van der Waals surface area contributed by atoms with Crippen LogP contribution >= 0.6 is 0 Å². The van der Waals surface area contributed by atoms with Gasteiger partial charge in [0.15, 0.2) is 0 Å². The summed E-state index contributed by atoms with van der Waals surface area (Å²) in [6, 6.07) is 0. The molecule has 1 saturated carbocycles. The van der Waals surface area contributed by atoms with E-state index in [9.17, 15) is 17.2 Å². The van der Waals surface area contributed by atoms with Crippen molar-refractivity contribution in [2.24, 2.45) is 5.92 Å². The Bertz CT molecular complexity index is 244. The average molecular weight is 200 g/mol. The average Bonchev–Trinajstić information content (AvgIpc) is 1.84. The van der Waals surface area contributed by atoms with Crippen molar-refractivity contribution in [3.05, 3.63) is 0 Å². The molecule has 12 heavy (non-hydrogen) atoms. The fourth-order valence-corrected chi connectivity index (χ4v) is 2.61. The van der Waals surface area contributed by atoms with Crippen LogP contribution in [0.25, 0.3) is 0 Å². The molecule has 1 aliphatic rings. The molecule has 0 spiro atoms. The lowest BCUT2D eigenvalue weighted by atomic mass is 9.86. The van der Waals surface area contributed by atoms with E-state index in [0.29, 0.717) is 0 Å². The lowest BCUT2D eigenvalue weighted by Gasteiger charge is -2.32. The number of aliphatic hydroxyl groups is 1. The molecule has 0 saturated heterocycles. The molecule has 0 aromatic heterocycles. The van der Waals surface area contributed by atoms with Gasteiger partial charge in [0, 0.05) is 6.61 Å². The Morgan fingerprint density at radius 3 is 2.25 bits per heavy atom. The number of halogens is 2. The van der Waals surface area contributed by atoms with Gasteiger partial charge in [-0.2, -0.15) is 8.78 Å². The van der Waals surface area contributed by atoms with E-state index in [1.807, 2.05) is 0 Å². The highest BCUT2D eigenvalue weighted by atomic mass is 32.2. The molecule has 1 N–H and O–H groups in total. The Balaban J connectivity index is 2.53. The zero-order valence-electron chi connectivity index (χ0n) is 6.28. The summed E-state index contributed by atoms with van der Waals surface area (Å²) in [6.07, 6.45) is 0.340. The predicted octanol–water partition coefficient (Wildman–Crippen LogP) is 0.395. The van der Waals surface area contributed by atoms with Gasteiger partial charge in [0.2, 0.25) is 9.84 Å². The van der Waals surface area contributed by atoms with Crippen LogP contribution in [0.4, 0.5) is 8.78 Å². The highest BCUT2D eigenvalue weighted by molar-refractivity contribution is 7.92. The first kappa shape index (κ1) is 9.85. The molecular formula is C6H10F2O3S. The molecular weight excluding hydrogens is 190 g/mol. The second kappa shape index (κ2) is 3.26. The summed E-state index contributed by atoms with van der Waals surface area (Å²) in [5, 5.41) is 7.59. The van der Waals surface area contributed by atoms with E-state index >= 15 is 0 Å². The molecule has 6 heteroatoms. The lowest BCUT2D eigenvalue weighted by molar-refractivity contribution is 0.159. The maximum Gasteiger partial charge on any atom is 0.337 e. The van der Waals surface area contributed by atoms with Gasteiger partial charge in [0.25, 0.3) is 0 Å². The van der Waals surface area contributed by atoms with E-state index in [-0.39, 0.29) is 25.4 Å². The largest absolute Gasteiger partial charge is 0.396 e. The monoisotopic (exact) mass is 200 g/mol. The molecule has 72 valence electrons. The number of sulfone groups is 1. The first-order chi connectivity index (χ1) is 5.48. The second-order valence-electron chi connectivity index (χ2n) is 2.99. The van der Waals surface area contributed by atoms with Gasteiger partial charge in [0.1, 0.15) is 0 Å². The van der Waals surface area contributed by atoms with Crippen molar-refractivity contribution in [2.75, 3.05) is 6.61 Å². The molecule has 0 aromatic carbocycles. The van der Waals surface area contributed by atoms with Gasteiger partial charge in [-0.25, -0.2) is 8.42 Å². The van der Waals surface area contributed by atoms with Crippen LogP contribution in [0.2, 0.25) is 0 Å². The molecule has 0 bridgehead atoms. The van der Waals surface area contributed by atoms with Gasteiger partial charge in [-0.3, -0.25) is 0 Å². The summed E-state index contributed by atoms with van der Waals surface area (Å²) in [5.41, 5.74) is 0. The van der Waals surface area contributed by atoms with Crippen LogP contribution in [-0.2, 0) is 9.84 Å². The van der Waals surface area contributed by atoms with E-state index in [2.05, 4.69) is 0 Å². The quantitative estimate of drug-likeness (QED) is 0.717. The van der Waals surface area contributed by atoms with Crippen molar-refractivity contribution < 1.29 is 22.3 Å². The highest BCUT2D eigenvalue weighted by Gasteiger charge is 2.42. The third-order valence-corrected chi connectivity index (χ3v) is 3.97. The zero-order chi connectivity index (χ0) is 9.35. The Morgan fingerprint density at radius 2 is 1.92 bits per heavy atom. The normalized spacial score (nSPS) is 30.3. The molecule has 0 unspecified atom stereocenters. The van der Waals surface area contributed by atoms with Gasteiger partial charge in [-0.05, 0) is 18.8 Å².